The second-order valence-corrected chi connectivity index (χ2v) is 4.56. The van der Waals surface area contributed by atoms with Crippen molar-refractivity contribution in [1.82, 2.24) is 5.32 Å². The summed E-state index contributed by atoms with van der Waals surface area (Å²) in [6.45, 7) is 0.762. The molecule has 1 amide bonds. The van der Waals surface area contributed by atoms with Crippen LogP contribution in [-0.2, 0) is 22.6 Å². The third kappa shape index (κ3) is 2.58. The van der Waals surface area contributed by atoms with Gasteiger partial charge in [0.05, 0.1) is 6.61 Å². The molecule has 1 aliphatic heterocycles. The second kappa shape index (κ2) is 4.75. The molecule has 17 heavy (non-hydrogen) atoms. The molecule has 1 aliphatic rings. The number of carbonyl (C=O) groups excluding carboxylic acids is 1. The second-order valence-electron chi connectivity index (χ2n) is 3.64. The molecule has 0 saturated heterocycles. The topological polar surface area (TPSA) is 75.6 Å². The Morgan fingerprint density at radius 1 is 1.47 bits per heavy atom. The van der Waals surface area contributed by atoms with E-state index in [1.165, 1.54) is 0 Å². The van der Waals surface area contributed by atoms with Gasteiger partial charge in [-0.15, -0.1) is 0 Å². The summed E-state index contributed by atoms with van der Waals surface area (Å²) in [7, 11) is 0. The maximum Gasteiger partial charge on any atom is 0.394 e. The average Bonchev–Trinajstić information content (AvgIpc) is 2.72. The van der Waals surface area contributed by atoms with E-state index in [1.54, 1.807) is 0 Å². The van der Waals surface area contributed by atoms with Crippen molar-refractivity contribution in [2.75, 3.05) is 6.61 Å². The maximum atomic E-state index is 10.9. The lowest BCUT2D eigenvalue weighted by Crippen LogP contribution is -2.30. The lowest BCUT2D eigenvalue weighted by atomic mass is 10.1. The fourth-order valence-corrected chi connectivity index (χ4v) is 2.28. The lowest BCUT2D eigenvalue weighted by Gasteiger charge is -2.09. The Labute approximate surface area is 106 Å². The molecule has 0 atom stereocenters. The molecular weight excluding hydrogens is 290 g/mol. The molecule has 0 aromatic heterocycles. The van der Waals surface area contributed by atoms with Crippen LogP contribution in [0.15, 0.2) is 16.6 Å². The van der Waals surface area contributed by atoms with E-state index in [1.807, 2.05) is 12.1 Å². The zero-order valence-electron chi connectivity index (χ0n) is 8.83. The van der Waals surface area contributed by atoms with E-state index < -0.39 is 11.9 Å². The molecule has 0 unspecified atom stereocenters. The van der Waals surface area contributed by atoms with Crippen molar-refractivity contribution in [3.63, 3.8) is 0 Å². The van der Waals surface area contributed by atoms with Crippen LogP contribution >= 0.6 is 15.9 Å². The summed E-state index contributed by atoms with van der Waals surface area (Å²) in [6, 6.07) is 3.77. The average molecular weight is 300 g/mol. The largest absolute Gasteiger partial charge is 0.493 e. The monoisotopic (exact) mass is 299 g/mol. The summed E-state index contributed by atoms with van der Waals surface area (Å²) in [6.07, 6.45) is 0.828. The zero-order chi connectivity index (χ0) is 12.4. The van der Waals surface area contributed by atoms with Gasteiger partial charge in [0, 0.05) is 23.0 Å². The van der Waals surface area contributed by atoms with Gasteiger partial charge in [-0.05, 0) is 17.7 Å². The normalized spacial score (nSPS) is 12.8. The van der Waals surface area contributed by atoms with Gasteiger partial charge >= 0.3 is 11.9 Å². The third-order valence-corrected chi connectivity index (χ3v) is 2.92. The molecule has 1 aromatic rings. The zero-order valence-corrected chi connectivity index (χ0v) is 10.4. The number of aliphatic carboxylic acids is 1. The maximum absolute atomic E-state index is 10.9. The highest BCUT2D eigenvalue weighted by molar-refractivity contribution is 9.10. The highest BCUT2D eigenvalue weighted by atomic mass is 79.9. The first-order valence-electron chi connectivity index (χ1n) is 5.03. The van der Waals surface area contributed by atoms with Crippen molar-refractivity contribution in [3.05, 3.63) is 27.7 Å². The van der Waals surface area contributed by atoms with E-state index in [0.29, 0.717) is 6.61 Å². The molecule has 1 aromatic carbocycles. The molecule has 90 valence electrons. The van der Waals surface area contributed by atoms with Gasteiger partial charge < -0.3 is 15.2 Å². The van der Waals surface area contributed by atoms with E-state index in [0.717, 1.165) is 27.8 Å². The minimum Gasteiger partial charge on any atom is -0.493 e. The first kappa shape index (κ1) is 11.9. The minimum atomic E-state index is -1.49. The summed E-state index contributed by atoms with van der Waals surface area (Å²) in [4.78, 5) is 21.3. The number of rotatable bonds is 2. The summed E-state index contributed by atoms with van der Waals surface area (Å²) >= 11 is 3.37. The SMILES string of the molecule is O=C(O)C(=O)NCc1cc(Br)cc2c1OCC2. The number of carboxylic acid groups (broad SMARTS) is 1. The van der Waals surface area contributed by atoms with Crippen molar-refractivity contribution >= 4 is 27.8 Å². The molecular formula is C11H10BrNO4. The summed E-state index contributed by atoms with van der Waals surface area (Å²) < 4.78 is 6.35. The lowest BCUT2D eigenvalue weighted by molar-refractivity contribution is -0.150. The molecule has 1 heterocycles. The number of benzene rings is 1. The van der Waals surface area contributed by atoms with Gasteiger partial charge in [-0.1, -0.05) is 15.9 Å². The van der Waals surface area contributed by atoms with E-state index in [4.69, 9.17) is 9.84 Å². The van der Waals surface area contributed by atoms with Crippen molar-refractivity contribution in [1.29, 1.82) is 0 Å². The quantitative estimate of drug-likeness (QED) is 0.802. The molecule has 0 bridgehead atoms. The van der Waals surface area contributed by atoms with Crippen LogP contribution in [0.25, 0.3) is 0 Å². The van der Waals surface area contributed by atoms with Gasteiger partial charge in [-0.3, -0.25) is 4.79 Å². The van der Waals surface area contributed by atoms with Gasteiger partial charge in [-0.25, -0.2) is 4.79 Å². The first-order valence-corrected chi connectivity index (χ1v) is 5.82. The Balaban J connectivity index is 2.16. The molecule has 2 N–H and O–H groups in total. The van der Waals surface area contributed by atoms with Crippen molar-refractivity contribution < 1.29 is 19.4 Å². The van der Waals surface area contributed by atoms with Gasteiger partial charge in [0.25, 0.3) is 0 Å². The van der Waals surface area contributed by atoms with Crippen LogP contribution in [0.5, 0.6) is 5.75 Å². The summed E-state index contributed by atoms with van der Waals surface area (Å²) in [5, 5.41) is 10.8. The van der Waals surface area contributed by atoms with Crippen LogP contribution in [0.3, 0.4) is 0 Å². The number of ether oxygens (including phenoxy) is 1. The van der Waals surface area contributed by atoms with Crippen LogP contribution in [0, 0.1) is 0 Å². The molecule has 0 saturated carbocycles. The highest BCUT2D eigenvalue weighted by Crippen LogP contribution is 2.32. The van der Waals surface area contributed by atoms with E-state index >= 15 is 0 Å². The Kier molecular flexibility index (Phi) is 3.33. The van der Waals surface area contributed by atoms with Crippen LogP contribution in [0.2, 0.25) is 0 Å². The first-order chi connectivity index (χ1) is 8.08. The fraction of sp³-hybridized carbons (Fsp3) is 0.273. The Hall–Kier alpha value is -1.56. The van der Waals surface area contributed by atoms with E-state index in [2.05, 4.69) is 21.2 Å². The number of carboxylic acids is 1. The fourth-order valence-electron chi connectivity index (χ4n) is 1.73. The number of halogens is 1. The number of fused-ring (bicyclic) bond motifs is 1. The number of amides is 1. The molecule has 2 rings (SSSR count). The molecule has 5 nitrogen and oxygen atoms in total. The van der Waals surface area contributed by atoms with Gasteiger partial charge in [0.2, 0.25) is 0 Å². The van der Waals surface area contributed by atoms with Crippen LogP contribution < -0.4 is 10.1 Å². The van der Waals surface area contributed by atoms with Crippen molar-refractivity contribution in [2.24, 2.45) is 0 Å². The highest BCUT2D eigenvalue weighted by Gasteiger charge is 2.18. The molecule has 6 heteroatoms. The summed E-state index contributed by atoms with van der Waals surface area (Å²) in [5.41, 5.74) is 1.85. The minimum absolute atomic E-state index is 0.146. The van der Waals surface area contributed by atoms with Gasteiger partial charge in [0.15, 0.2) is 0 Å². The molecule has 0 spiro atoms. The standard InChI is InChI=1S/C11H10BrNO4/c12-8-3-6-1-2-17-9(6)7(4-8)5-13-10(14)11(15)16/h3-4H,1-2,5H2,(H,13,14)(H,15,16). The van der Waals surface area contributed by atoms with Gasteiger partial charge in [0.1, 0.15) is 5.75 Å². The van der Waals surface area contributed by atoms with Crippen LogP contribution in [0.1, 0.15) is 11.1 Å². The predicted octanol–water partition coefficient (Wildman–Crippen LogP) is 1.08. The number of nitrogens with one attached hydrogen (secondary N) is 1. The predicted molar refractivity (Wildman–Crippen MR) is 62.8 cm³/mol. The van der Waals surface area contributed by atoms with E-state index in [-0.39, 0.29) is 6.54 Å². The van der Waals surface area contributed by atoms with Crippen molar-refractivity contribution in [2.45, 2.75) is 13.0 Å². The smallest absolute Gasteiger partial charge is 0.394 e. The summed E-state index contributed by atoms with van der Waals surface area (Å²) in [5.74, 6) is -1.76. The third-order valence-electron chi connectivity index (χ3n) is 2.46. The van der Waals surface area contributed by atoms with Crippen molar-refractivity contribution in [3.8, 4) is 5.75 Å². The number of hydrogen-bond donors (Lipinski definition) is 2. The Bertz CT molecular complexity index is 487. The van der Waals surface area contributed by atoms with E-state index in [9.17, 15) is 9.59 Å². The molecule has 0 radical (unpaired) electrons. The van der Waals surface area contributed by atoms with Crippen LogP contribution in [-0.4, -0.2) is 23.6 Å². The molecule has 0 aliphatic carbocycles. The number of carbonyl (C=O) groups is 2. The number of hydrogen-bond acceptors (Lipinski definition) is 3. The Morgan fingerprint density at radius 2 is 2.24 bits per heavy atom. The Morgan fingerprint density at radius 3 is 2.94 bits per heavy atom. The molecule has 0 fully saturated rings. The van der Waals surface area contributed by atoms with Crippen LogP contribution in [0.4, 0.5) is 0 Å². The van der Waals surface area contributed by atoms with Gasteiger partial charge in [-0.2, -0.15) is 0 Å².